The molecule has 1 heterocycles. The molecule has 2 aromatic carbocycles. The SMILES string of the molecule is Cc1[nH]c2ccccc2c1CCN=CC1=C(O)C[C@H](c2ccc(F)cc2)CC1=O. The summed E-state index contributed by atoms with van der Waals surface area (Å²) in [5.74, 6) is -0.513. The van der Waals surface area contributed by atoms with Crippen molar-refractivity contribution >= 4 is 22.9 Å². The Balaban J connectivity index is 1.44. The minimum absolute atomic E-state index is 0.0580. The van der Waals surface area contributed by atoms with Crippen LogP contribution in [0.4, 0.5) is 4.39 Å². The summed E-state index contributed by atoms with van der Waals surface area (Å²) >= 11 is 0. The lowest BCUT2D eigenvalue weighted by atomic mass is 9.83. The van der Waals surface area contributed by atoms with Crippen molar-refractivity contribution in [3.05, 3.63) is 82.5 Å². The summed E-state index contributed by atoms with van der Waals surface area (Å²) < 4.78 is 13.1. The number of nitrogens with zero attached hydrogens (tertiary/aromatic N) is 1. The van der Waals surface area contributed by atoms with E-state index in [1.165, 1.54) is 29.3 Å². The van der Waals surface area contributed by atoms with Gasteiger partial charge in [-0.05, 0) is 48.6 Å². The molecule has 0 aliphatic heterocycles. The van der Waals surface area contributed by atoms with Gasteiger partial charge in [0.15, 0.2) is 5.78 Å². The Kier molecular flexibility index (Phi) is 5.30. The number of Topliss-reactive ketones (excluding diaryl/α,β-unsaturated/α-hetero) is 1. The highest BCUT2D eigenvalue weighted by atomic mass is 19.1. The molecule has 3 aromatic rings. The molecule has 29 heavy (non-hydrogen) atoms. The van der Waals surface area contributed by atoms with E-state index in [4.69, 9.17) is 0 Å². The number of hydrogen-bond donors (Lipinski definition) is 2. The Bertz CT molecular complexity index is 1110. The maximum Gasteiger partial charge on any atom is 0.168 e. The molecular weight excluding hydrogens is 367 g/mol. The fourth-order valence-corrected chi connectivity index (χ4v) is 4.02. The maximum atomic E-state index is 13.1. The minimum Gasteiger partial charge on any atom is -0.511 e. The zero-order chi connectivity index (χ0) is 20.4. The summed E-state index contributed by atoms with van der Waals surface area (Å²) in [6, 6.07) is 14.3. The first kappa shape index (κ1) is 19.1. The van der Waals surface area contributed by atoms with E-state index >= 15 is 0 Å². The highest BCUT2D eigenvalue weighted by molar-refractivity contribution is 6.14. The van der Waals surface area contributed by atoms with Crippen molar-refractivity contribution in [2.45, 2.75) is 32.1 Å². The number of carbonyl (C=O) groups excluding carboxylic acids is 1. The van der Waals surface area contributed by atoms with Crippen LogP contribution in [0.25, 0.3) is 10.9 Å². The highest BCUT2D eigenvalue weighted by Gasteiger charge is 2.27. The van der Waals surface area contributed by atoms with Gasteiger partial charge in [0.2, 0.25) is 0 Å². The topological polar surface area (TPSA) is 65.4 Å². The number of halogens is 1. The number of aliphatic hydroxyl groups excluding tert-OH is 1. The third kappa shape index (κ3) is 3.99. The molecule has 0 bridgehead atoms. The second-order valence-electron chi connectivity index (χ2n) is 7.50. The van der Waals surface area contributed by atoms with E-state index in [0.29, 0.717) is 25.0 Å². The van der Waals surface area contributed by atoms with Gasteiger partial charge in [0.1, 0.15) is 11.6 Å². The van der Waals surface area contributed by atoms with Crippen molar-refractivity contribution in [3.8, 4) is 0 Å². The average molecular weight is 390 g/mol. The number of carbonyl (C=O) groups is 1. The Morgan fingerprint density at radius 3 is 2.69 bits per heavy atom. The van der Waals surface area contributed by atoms with Gasteiger partial charge in [-0.1, -0.05) is 30.3 Å². The zero-order valence-corrected chi connectivity index (χ0v) is 16.3. The number of aromatic amines is 1. The number of nitrogens with one attached hydrogen (secondary N) is 1. The number of aliphatic imine (C=N–C) groups is 1. The number of aromatic nitrogens is 1. The van der Waals surface area contributed by atoms with Crippen LogP contribution in [-0.4, -0.2) is 28.6 Å². The van der Waals surface area contributed by atoms with Crippen LogP contribution in [0.2, 0.25) is 0 Å². The first-order chi connectivity index (χ1) is 14.0. The molecule has 4 nitrogen and oxygen atoms in total. The number of para-hydroxylation sites is 1. The van der Waals surface area contributed by atoms with Crippen molar-refractivity contribution in [1.29, 1.82) is 0 Å². The maximum absolute atomic E-state index is 13.1. The standard InChI is InChI=1S/C24H23FN2O2/c1-15-19(20-4-2-3-5-22(20)27-15)10-11-26-14-21-23(28)12-17(13-24(21)29)16-6-8-18(25)9-7-16/h2-9,14,17,27-28H,10-13H2,1H3/t17-/m0/s1. The van der Waals surface area contributed by atoms with Gasteiger partial charge in [-0.15, -0.1) is 0 Å². The van der Waals surface area contributed by atoms with Gasteiger partial charge < -0.3 is 10.1 Å². The molecule has 0 unspecified atom stereocenters. The molecule has 1 aliphatic carbocycles. The molecular formula is C24H23FN2O2. The van der Waals surface area contributed by atoms with Gasteiger partial charge >= 0.3 is 0 Å². The Hall–Kier alpha value is -3.21. The summed E-state index contributed by atoms with van der Waals surface area (Å²) in [6.07, 6.45) is 2.91. The van der Waals surface area contributed by atoms with Gasteiger partial charge in [0, 0.05) is 42.2 Å². The predicted octanol–water partition coefficient (Wildman–Crippen LogP) is 5.19. The number of hydrogen-bond acceptors (Lipinski definition) is 3. The van der Waals surface area contributed by atoms with Crippen LogP contribution in [0.3, 0.4) is 0 Å². The molecule has 2 N–H and O–H groups in total. The first-order valence-corrected chi connectivity index (χ1v) is 9.79. The molecule has 0 fully saturated rings. The van der Waals surface area contributed by atoms with E-state index in [0.717, 1.165) is 23.2 Å². The molecule has 4 rings (SSSR count). The lowest BCUT2D eigenvalue weighted by Crippen LogP contribution is -2.19. The zero-order valence-electron chi connectivity index (χ0n) is 16.3. The second kappa shape index (κ2) is 8.03. The van der Waals surface area contributed by atoms with E-state index in [1.807, 2.05) is 19.1 Å². The molecule has 0 saturated carbocycles. The molecule has 0 spiro atoms. The Labute approximate surface area is 168 Å². The number of ketones is 1. The van der Waals surface area contributed by atoms with Gasteiger partial charge in [-0.3, -0.25) is 9.79 Å². The molecule has 5 heteroatoms. The minimum atomic E-state index is -0.311. The molecule has 0 saturated heterocycles. The summed E-state index contributed by atoms with van der Waals surface area (Å²) in [6.45, 7) is 2.59. The smallest absolute Gasteiger partial charge is 0.168 e. The monoisotopic (exact) mass is 390 g/mol. The largest absolute Gasteiger partial charge is 0.511 e. The predicted molar refractivity (Wildman–Crippen MR) is 113 cm³/mol. The molecule has 1 aromatic heterocycles. The number of rotatable bonds is 5. The molecule has 148 valence electrons. The molecule has 1 atom stereocenters. The number of fused-ring (bicyclic) bond motifs is 1. The Morgan fingerprint density at radius 2 is 1.93 bits per heavy atom. The van der Waals surface area contributed by atoms with E-state index in [9.17, 15) is 14.3 Å². The Morgan fingerprint density at radius 1 is 1.17 bits per heavy atom. The highest BCUT2D eigenvalue weighted by Crippen LogP contribution is 2.33. The van der Waals surface area contributed by atoms with Gasteiger partial charge in [0.25, 0.3) is 0 Å². The van der Waals surface area contributed by atoms with Crippen molar-refractivity contribution in [2.75, 3.05) is 6.54 Å². The number of benzene rings is 2. The number of allylic oxidation sites excluding steroid dienone is 2. The second-order valence-corrected chi connectivity index (χ2v) is 7.50. The molecule has 0 amide bonds. The van der Waals surface area contributed by atoms with Crippen LogP contribution >= 0.6 is 0 Å². The molecule has 1 aliphatic rings. The van der Waals surface area contributed by atoms with Crippen molar-refractivity contribution < 1.29 is 14.3 Å². The lowest BCUT2D eigenvalue weighted by molar-refractivity contribution is -0.116. The van der Waals surface area contributed by atoms with Crippen LogP contribution < -0.4 is 0 Å². The van der Waals surface area contributed by atoms with Crippen LogP contribution in [0.5, 0.6) is 0 Å². The van der Waals surface area contributed by atoms with Gasteiger partial charge in [-0.25, -0.2) is 4.39 Å². The quantitative estimate of drug-likeness (QED) is 0.589. The summed E-state index contributed by atoms with van der Waals surface area (Å²) in [7, 11) is 0. The molecule has 0 radical (unpaired) electrons. The van der Waals surface area contributed by atoms with Gasteiger partial charge in [-0.2, -0.15) is 0 Å². The summed E-state index contributed by atoms with van der Waals surface area (Å²) in [5, 5.41) is 11.6. The van der Waals surface area contributed by atoms with Crippen molar-refractivity contribution in [2.24, 2.45) is 4.99 Å². The average Bonchev–Trinajstić information content (AvgIpc) is 3.02. The van der Waals surface area contributed by atoms with Crippen LogP contribution in [0.15, 0.2) is 64.9 Å². The number of H-pyrrole nitrogens is 1. The normalized spacial score (nSPS) is 17.6. The van der Waals surface area contributed by atoms with E-state index in [-0.39, 0.29) is 23.3 Å². The summed E-state index contributed by atoms with van der Waals surface area (Å²) in [5.41, 5.74) is 4.61. The van der Waals surface area contributed by atoms with Crippen LogP contribution in [0.1, 0.15) is 35.6 Å². The number of aryl methyl sites for hydroxylation is 1. The third-order valence-corrected chi connectivity index (χ3v) is 5.56. The lowest BCUT2D eigenvalue weighted by Gasteiger charge is -2.22. The van der Waals surface area contributed by atoms with Crippen molar-refractivity contribution in [3.63, 3.8) is 0 Å². The fraction of sp³-hybridized carbons (Fsp3) is 0.250. The fourth-order valence-electron chi connectivity index (χ4n) is 4.02. The van der Waals surface area contributed by atoms with Crippen molar-refractivity contribution in [1.82, 2.24) is 4.98 Å². The van der Waals surface area contributed by atoms with Crippen LogP contribution in [0, 0.1) is 12.7 Å². The van der Waals surface area contributed by atoms with E-state index in [1.54, 1.807) is 12.1 Å². The number of aliphatic hydroxyl groups is 1. The van der Waals surface area contributed by atoms with E-state index in [2.05, 4.69) is 22.1 Å². The van der Waals surface area contributed by atoms with Gasteiger partial charge in [0.05, 0.1) is 5.57 Å². The first-order valence-electron chi connectivity index (χ1n) is 9.79. The van der Waals surface area contributed by atoms with E-state index < -0.39 is 0 Å². The third-order valence-electron chi connectivity index (χ3n) is 5.56. The van der Waals surface area contributed by atoms with Crippen LogP contribution in [-0.2, 0) is 11.2 Å². The summed E-state index contributed by atoms with van der Waals surface area (Å²) in [4.78, 5) is 20.3.